The highest BCUT2D eigenvalue weighted by molar-refractivity contribution is 6.30. The van der Waals surface area contributed by atoms with Crippen LogP contribution in [-0.4, -0.2) is 13.6 Å². The third-order valence-electron chi connectivity index (χ3n) is 2.15. The number of rotatable bonds is 4. The summed E-state index contributed by atoms with van der Waals surface area (Å²) in [6.07, 6.45) is 0.804. The first kappa shape index (κ1) is 11.4. The van der Waals surface area contributed by atoms with Crippen LogP contribution in [0.1, 0.15) is 18.0 Å². The summed E-state index contributed by atoms with van der Waals surface area (Å²) in [7, 11) is 1.84. The maximum Gasteiger partial charge on any atom is 0.141 e. The number of hydrogen-bond donors (Lipinski definition) is 2. The molecular formula is C10H14ClFN2. The van der Waals surface area contributed by atoms with Crippen LogP contribution in [0, 0.1) is 5.82 Å². The minimum atomic E-state index is -0.391. The Hall–Kier alpha value is -0.640. The molecule has 0 bridgehead atoms. The molecule has 4 heteroatoms. The molecule has 0 aliphatic carbocycles. The molecule has 0 amide bonds. The fourth-order valence-electron chi connectivity index (χ4n) is 1.37. The van der Waals surface area contributed by atoms with Crippen molar-refractivity contribution in [2.75, 3.05) is 13.6 Å². The summed E-state index contributed by atoms with van der Waals surface area (Å²) in [6.45, 7) is 0.584. The second-order valence-electron chi connectivity index (χ2n) is 3.09. The van der Waals surface area contributed by atoms with E-state index in [0.717, 1.165) is 12.0 Å². The summed E-state index contributed by atoms with van der Waals surface area (Å²) < 4.78 is 12.9. The zero-order valence-corrected chi connectivity index (χ0v) is 8.81. The fourth-order valence-corrected chi connectivity index (χ4v) is 1.56. The first-order chi connectivity index (χ1) is 6.69. The molecule has 0 aliphatic rings. The van der Waals surface area contributed by atoms with Crippen LogP contribution in [0.25, 0.3) is 0 Å². The quantitative estimate of drug-likeness (QED) is 0.809. The van der Waals surface area contributed by atoms with Gasteiger partial charge in [-0.1, -0.05) is 17.7 Å². The van der Waals surface area contributed by atoms with E-state index in [-0.39, 0.29) is 11.1 Å². The van der Waals surface area contributed by atoms with Crippen molar-refractivity contribution < 1.29 is 4.39 Å². The van der Waals surface area contributed by atoms with Crippen molar-refractivity contribution in [3.05, 3.63) is 34.6 Å². The second-order valence-corrected chi connectivity index (χ2v) is 3.50. The fraction of sp³-hybridized carbons (Fsp3) is 0.400. The van der Waals surface area contributed by atoms with Gasteiger partial charge in [-0.25, -0.2) is 4.39 Å². The number of halogens is 2. The molecule has 0 fully saturated rings. The topological polar surface area (TPSA) is 38.0 Å². The molecular weight excluding hydrogens is 203 g/mol. The van der Waals surface area contributed by atoms with Crippen molar-refractivity contribution in [2.24, 2.45) is 5.73 Å². The molecule has 1 atom stereocenters. The van der Waals surface area contributed by atoms with Crippen molar-refractivity contribution in [2.45, 2.75) is 12.5 Å². The van der Waals surface area contributed by atoms with E-state index < -0.39 is 5.82 Å². The Balaban J connectivity index is 2.88. The Bertz CT molecular complexity index is 304. The maximum absolute atomic E-state index is 12.9. The summed E-state index contributed by atoms with van der Waals surface area (Å²) in [6, 6.07) is 4.86. The van der Waals surface area contributed by atoms with Crippen LogP contribution in [0.4, 0.5) is 4.39 Å². The van der Waals surface area contributed by atoms with E-state index in [1.54, 1.807) is 12.1 Å². The number of benzene rings is 1. The van der Waals surface area contributed by atoms with Gasteiger partial charge < -0.3 is 11.1 Å². The van der Waals surface area contributed by atoms with E-state index in [2.05, 4.69) is 5.32 Å². The molecule has 1 aromatic rings. The van der Waals surface area contributed by atoms with Gasteiger partial charge in [-0.05, 0) is 37.7 Å². The molecule has 0 saturated carbocycles. The smallest absolute Gasteiger partial charge is 0.141 e. The van der Waals surface area contributed by atoms with E-state index in [0.29, 0.717) is 6.54 Å². The van der Waals surface area contributed by atoms with E-state index in [9.17, 15) is 4.39 Å². The maximum atomic E-state index is 12.9. The van der Waals surface area contributed by atoms with Crippen LogP contribution in [0.3, 0.4) is 0 Å². The Morgan fingerprint density at radius 1 is 1.57 bits per heavy atom. The first-order valence-corrected chi connectivity index (χ1v) is 4.89. The highest BCUT2D eigenvalue weighted by Gasteiger charge is 2.09. The third-order valence-corrected chi connectivity index (χ3v) is 2.44. The average molecular weight is 217 g/mol. The van der Waals surface area contributed by atoms with Crippen LogP contribution in [0.15, 0.2) is 18.2 Å². The molecule has 0 aliphatic heterocycles. The zero-order valence-electron chi connectivity index (χ0n) is 8.06. The van der Waals surface area contributed by atoms with Gasteiger partial charge >= 0.3 is 0 Å². The van der Waals surface area contributed by atoms with E-state index in [1.807, 2.05) is 7.05 Å². The monoisotopic (exact) mass is 216 g/mol. The number of nitrogens with one attached hydrogen (secondary N) is 1. The molecule has 0 saturated heterocycles. The minimum Gasteiger partial charge on any atom is -0.330 e. The van der Waals surface area contributed by atoms with Crippen LogP contribution in [0.2, 0.25) is 5.02 Å². The number of nitrogens with two attached hydrogens (primary N) is 1. The SMILES string of the molecule is CNC(CCN)c1ccc(F)c(Cl)c1. The molecule has 1 aromatic carbocycles. The van der Waals surface area contributed by atoms with Gasteiger partial charge in [0.2, 0.25) is 0 Å². The van der Waals surface area contributed by atoms with E-state index in [4.69, 9.17) is 17.3 Å². The molecule has 1 rings (SSSR count). The highest BCUT2D eigenvalue weighted by atomic mass is 35.5. The zero-order chi connectivity index (χ0) is 10.6. The lowest BCUT2D eigenvalue weighted by atomic mass is 10.0. The van der Waals surface area contributed by atoms with Gasteiger partial charge in [0, 0.05) is 6.04 Å². The van der Waals surface area contributed by atoms with Gasteiger partial charge in [0.25, 0.3) is 0 Å². The summed E-state index contributed by atoms with van der Waals surface area (Å²) in [5, 5.41) is 3.26. The van der Waals surface area contributed by atoms with Crippen LogP contribution in [-0.2, 0) is 0 Å². The molecule has 0 spiro atoms. The molecule has 2 nitrogen and oxygen atoms in total. The van der Waals surface area contributed by atoms with E-state index in [1.165, 1.54) is 6.07 Å². The lowest BCUT2D eigenvalue weighted by Crippen LogP contribution is -2.19. The molecule has 0 aromatic heterocycles. The largest absolute Gasteiger partial charge is 0.330 e. The predicted molar refractivity (Wildman–Crippen MR) is 56.9 cm³/mol. The Kier molecular flexibility index (Phi) is 4.32. The first-order valence-electron chi connectivity index (χ1n) is 4.51. The minimum absolute atomic E-state index is 0.137. The molecule has 3 N–H and O–H groups in total. The second kappa shape index (κ2) is 5.29. The molecule has 14 heavy (non-hydrogen) atoms. The summed E-state index contributed by atoms with van der Waals surface area (Å²) in [5.74, 6) is -0.391. The third kappa shape index (κ3) is 2.67. The van der Waals surface area contributed by atoms with Gasteiger partial charge in [-0.15, -0.1) is 0 Å². The van der Waals surface area contributed by atoms with Crippen LogP contribution in [0.5, 0.6) is 0 Å². The van der Waals surface area contributed by atoms with Crippen molar-refractivity contribution in [3.8, 4) is 0 Å². The van der Waals surface area contributed by atoms with Crippen molar-refractivity contribution >= 4 is 11.6 Å². The molecule has 1 unspecified atom stereocenters. The molecule has 0 radical (unpaired) electrons. The lowest BCUT2D eigenvalue weighted by Gasteiger charge is -2.15. The van der Waals surface area contributed by atoms with E-state index >= 15 is 0 Å². The predicted octanol–water partition coefficient (Wildman–Crippen LogP) is 2.09. The average Bonchev–Trinajstić information content (AvgIpc) is 2.19. The summed E-state index contributed by atoms with van der Waals surface area (Å²) in [5.41, 5.74) is 6.43. The van der Waals surface area contributed by atoms with Gasteiger partial charge in [0.15, 0.2) is 0 Å². The number of hydrogen-bond acceptors (Lipinski definition) is 2. The van der Waals surface area contributed by atoms with Crippen molar-refractivity contribution in [1.29, 1.82) is 0 Å². The van der Waals surface area contributed by atoms with Crippen LogP contribution < -0.4 is 11.1 Å². The van der Waals surface area contributed by atoms with Crippen molar-refractivity contribution in [1.82, 2.24) is 5.32 Å². The van der Waals surface area contributed by atoms with Gasteiger partial charge in [0.1, 0.15) is 5.82 Å². The van der Waals surface area contributed by atoms with Gasteiger partial charge in [-0.2, -0.15) is 0 Å². The standard InChI is InChI=1S/C10H14ClFN2/c1-14-10(4-5-13)7-2-3-9(12)8(11)6-7/h2-3,6,10,14H,4-5,13H2,1H3. The van der Waals surface area contributed by atoms with Crippen LogP contribution >= 0.6 is 11.6 Å². The van der Waals surface area contributed by atoms with Gasteiger partial charge in [-0.3, -0.25) is 0 Å². The molecule has 78 valence electrons. The summed E-state index contributed by atoms with van der Waals surface area (Å²) in [4.78, 5) is 0. The highest BCUT2D eigenvalue weighted by Crippen LogP contribution is 2.22. The Morgan fingerprint density at radius 3 is 2.79 bits per heavy atom. The summed E-state index contributed by atoms with van der Waals surface area (Å²) >= 11 is 5.68. The lowest BCUT2D eigenvalue weighted by molar-refractivity contribution is 0.554. The van der Waals surface area contributed by atoms with Gasteiger partial charge in [0.05, 0.1) is 5.02 Å². The molecule has 0 heterocycles. The normalized spacial score (nSPS) is 12.9. The Labute approximate surface area is 88.2 Å². The van der Waals surface area contributed by atoms with Crippen molar-refractivity contribution in [3.63, 3.8) is 0 Å². The Morgan fingerprint density at radius 2 is 2.29 bits per heavy atom.